The van der Waals surface area contributed by atoms with Gasteiger partial charge in [0.25, 0.3) is 0 Å². The number of carboxylic acid groups (broad SMARTS) is 1. The second-order valence-corrected chi connectivity index (χ2v) is 10.2. The fraction of sp³-hybridized carbons (Fsp3) is 0.522. The van der Waals surface area contributed by atoms with Crippen LogP contribution in [-0.2, 0) is 19.4 Å². The molecule has 1 fully saturated rings. The maximum absolute atomic E-state index is 12.4. The van der Waals surface area contributed by atoms with E-state index in [-0.39, 0.29) is 5.41 Å². The van der Waals surface area contributed by atoms with Crippen LogP contribution in [0.1, 0.15) is 65.9 Å². The number of aryl methyl sites for hydroxylation is 1. The van der Waals surface area contributed by atoms with Crippen LogP contribution in [0.4, 0.5) is 5.69 Å². The summed E-state index contributed by atoms with van der Waals surface area (Å²) in [6, 6.07) is 6.44. The van der Waals surface area contributed by atoms with Crippen molar-refractivity contribution in [2.75, 3.05) is 18.0 Å². The van der Waals surface area contributed by atoms with Gasteiger partial charge < -0.3 is 10.0 Å². The van der Waals surface area contributed by atoms with Gasteiger partial charge >= 0.3 is 5.97 Å². The lowest BCUT2D eigenvalue weighted by Gasteiger charge is -2.29. The van der Waals surface area contributed by atoms with E-state index in [1.54, 1.807) is 11.3 Å². The molecular formula is C23H31N3O2S. The minimum absolute atomic E-state index is 0.146. The Morgan fingerprint density at radius 1 is 1.28 bits per heavy atom. The summed E-state index contributed by atoms with van der Waals surface area (Å²) >= 11 is 1.67. The van der Waals surface area contributed by atoms with Gasteiger partial charge in [0.15, 0.2) is 0 Å². The second-order valence-electron chi connectivity index (χ2n) is 9.12. The zero-order valence-corrected chi connectivity index (χ0v) is 18.2. The van der Waals surface area contributed by atoms with Gasteiger partial charge in [0.1, 0.15) is 0 Å². The number of thiophene rings is 1. The largest absolute Gasteiger partial charge is 0.478 e. The van der Waals surface area contributed by atoms with Crippen molar-refractivity contribution in [3.63, 3.8) is 0 Å². The molecule has 29 heavy (non-hydrogen) atoms. The summed E-state index contributed by atoms with van der Waals surface area (Å²) < 4.78 is 0. The molecule has 0 unspecified atom stereocenters. The Kier molecular flexibility index (Phi) is 5.69. The number of anilines is 1. The van der Waals surface area contributed by atoms with Crippen LogP contribution in [0.2, 0.25) is 0 Å². The van der Waals surface area contributed by atoms with E-state index in [2.05, 4.69) is 42.4 Å². The minimum atomic E-state index is -0.815. The molecule has 0 radical (unpaired) electrons. The molecule has 5 nitrogen and oxygen atoms in total. The highest BCUT2D eigenvalue weighted by molar-refractivity contribution is 7.16. The van der Waals surface area contributed by atoms with Crippen molar-refractivity contribution in [1.82, 2.24) is 5.43 Å². The average molecular weight is 414 g/mol. The zero-order valence-electron chi connectivity index (χ0n) is 17.4. The summed E-state index contributed by atoms with van der Waals surface area (Å²) in [5.41, 5.74) is 7.71. The van der Waals surface area contributed by atoms with Crippen molar-refractivity contribution >= 4 is 23.0 Å². The van der Waals surface area contributed by atoms with Crippen molar-refractivity contribution in [3.05, 3.63) is 39.8 Å². The monoisotopic (exact) mass is 413 g/mol. The maximum atomic E-state index is 12.4. The normalized spacial score (nSPS) is 18.5. The molecule has 1 aromatic carbocycles. The van der Waals surface area contributed by atoms with Gasteiger partial charge in [-0.2, -0.15) is 0 Å². The summed E-state index contributed by atoms with van der Waals surface area (Å²) in [6.07, 6.45) is 6.61. The Labute approximate surface area is 176 Å². The Morgan fingerprint density at radius 2 is 2.03 bits per heavy atom. The highest BCUT2D eigenvalue weighted by Crippen LogP contribution is 2.46. The van der Waals surface area contributed by atoms with Gasteiger partial charge in [-0.3, -0.25) is 11.3 Å². The number of carbonyl (C=O) groups is 1. The third-order valence-corrected chi connectivity index (χ3v) is 7.67. The molecule has 2 aromatic rings. The molecule has 2 heterocycles. The first-order valence-corrected chi connectivity index (χ1v) is 11.4. The van der Waals surface area contributed by atoms with Crippen LogP contribution >= 0.6 is 11.3 Å². The molecule has 4 rings (SSSR count). The third-order valence-electron chi connectivity index (χ3n) is 6.34. The summed E-state index contributed by atoms with van der Waals surface area (Å²) in [5, 5.41) is 10.1. The number of nitrogens with one attached hydrogen (secondary N) is 1. The van der Waals surface area contributed by atoms with Crippen molar-refractivity contribution in [2.24, 2.45) is 11.3 Å². The van der Waals surface area contributed by atoms with E-state index in [9.17, 15) is 9.90 Å². The van der Waals surface area contributed by atoms with E-state index in [4.69, 9.17) is 5.84 Å². The van der Waals surface area contributed by atoms with Gasteiger partial charge in [-0.05, 0) is 72.8 Å². The van der Waals surface area contributed by atoms with Crippen LogP contribution in [0.25, 0.3) is 10.4 Å². The molecule has 0 amide bonds. The van der Waals surface area contributed by atoms with Gasteiger partial charge in [-0.15, -0.1) is 11.3 Å². The highest BCUT2D eigenvalue weighted by atomic mass is 32.1. The van der Waals surface area contributed by atoms with Gasteiger partial charge in [0, 0.05) is 35.1 Å². The third kappa shape index (κ3) is 4.06. The Morgan fingerprint density at radius 3 is 2.72 bits per heavy atom. The second kappa shape index (κ2) is 8.09. The van der Waals surface area contributed by atoms with Crippen LogP contribution in [-0.4, -0.2) is 24.2 Å². The molecule has 0 spiro atoms. The lowest BCUT2D eigenvalue weighted by molar-refractivity contribution is 0.0696. The smallest absolute Gasteiger partial charge is 0.337 e. The topological polar surface area (TPSA) is 78.6 Å². The maximum Gasteiger partial charge on any atom is 0.337 e. The van der Waals surface area contributed by atoms with Crippen molar-refractivity contribution < 1.29 is 9.90 Å². The molecule has 6 heteroatoms. The van der Waals surface area contributed by atoms with E-state index in [0.29, 0.717) is 12.1 Å². The molecule has 0 bridgehead atoms. The molecule has 1 aliphatic carbocycles. The van der Waals surface area contributed by atoms with Gasteiger partial charge in [-0.25, -0.2) is 4.79 Å². The number of piperidine rings is 1. The lowest BCUT2D eigenvalue weighted by Crippen LogP contribution is -2.29. The fourth-order valence-corrected chi connectivity index (χ4v) is 6.09. The predicted molar refractivity (Wildman–Crippen MR) is 120 cm³/mol. The van der Waals surface area contributed by atoms with Crippen LogP contribution in [0.3, 0.4) is 0 Å². The summed E-state index contributed by atoms with van der Waals surface area (Å²) in [7, 11) is 0. The SMILES string of the molecule is CC1(C)CCc2sc(-c3cc(N4CCCCC4)ccc3CNN)c(C(=O)O)c2C1. The molecule has 1 aromatic heterocycles. The Bertz CT molecular complexity index is 913. The fourth-order valence-electron chi connectivity index (χ4n) is 4.72. The summed E-state index contributed by atoms with van der Waals surface area (Å²) in [6.45, 7) is 7.12. The van der Waals surface area contributed by atoms with Crippen molar-refractivity contribution in [3.8, 4) is 10.4 Å². The van der Waals surface area contributed by atoms with Crippen LogP contribution in [0.15, 0.2) is 18.2 Å². The number of carboxylic acids is 1. The van der Waals surface area contributed by atoms with E-state index in [0.717, 1.165) is 53.9 Å². The number of benzene rings is 1. The molecule has 0 atom stereocenters. The lowest BCUT2D eigenvalue weighted by atomic mass is 9.76. The predicted octanol–water partition coefficient (Wildman–Crippen LogP) is 4.58. The van der Waals surface area contributed by atoms with E-state index in [1.165, 1.54) is 29.8 Å². The molecule has 1 saturated heterocycles. The molecule has 2 aliphatic rings. The van der Waals surface area contributed by atoms with E-state index in [1.807, 2.05) is 0 Å². The first kappa shape index (κ1) is 20.4. The van der Waals surface area contributed by atoms with Gasteiger partial charge in [-0.1, -0.05) is 19.9 Å². The highest BCUT2D eigenvalue weighted by Gasteiger charge is 2.33. The number of hydrazine groups is 1. The number of aromatic carboxylic acids is 1. The van der Waals surface area contributed by atoms with E-state index < -0.39 is 5.97 Å². The quantitative estimate of drug-likeness (QED) is 0.494. The number of fused-ring (bicyclic) bond motifs is 1. The van der Waals surface area contributed by atoms with Crippen LogP contribution < -0.4 is 16.2 Å². The van der Waals surface area contributed by atoms with Gasteiger partial charge in [0.05, 0.1) is 5.56 Å². The summed E-state index contributed by atoms with van der Waals surface area (Å²) in [4.78, 5) is 16.9. The molecule has 4 N–H and O–H groups in total. The number of nitrogens with two attached hydrogens (primary N) is 1. The number of rotatable bonds is 5. The average Bonchev–Trinajstić information content (AvgIpc) is 3.06. The zero-order chi connectivity index (χ0) is 20.6. The first-order valence-electron chi connectivity index (χ1n) is 10.6. The van der Waals surface area contributed by atoms with Crippen LogP contribution in [0.5, 0.6) is 0 Å². The standard InChI is InChI=1S/C23H31N3O2S/c1-23(2)9-8-19-18(13-23)20(22(27)28)21(29-19)17-12-16(7-6-15(17)14-25-24)26-10-4-3-5-11-26/h6-7,12,25H,3-5,8-11,13-14,24H2,1-2H3,(H,27,28). The first-order chi connectivity index (χ1) is 13.9. The Hall–Kier alpha value is -1.89. The molecular weight excluding hydrogens is 382 g/mol. The van der Waals surface area contributed by atoms with Crippen molar-refractivity contribution in [1.29, 1.82) is 0 Å². The minimum Gasteiger partial charge on any atom is -0.478 e. The number of hydrogen-bond acceptors (Lipinski definition) is 5. The molecule has 156 valence electrons. The Balaban J connectivity index is 1.84. The van der Waals surface area contributed by atoms with Crippen LogP contribution in [0, 0.1) is 5.41 Å². The van der Waals surface area contributed by atoms with Gasteiger partial charge in [0.2, 0.25) is 0 Å². The molecule has 0 saturated carbocycles. The molecule has 1 aliphatic heterocycles. The van der Waals surface area contributed by atoms with Crippen molar-refractivity contribution in [2.45, 2.75) is 58.9 Å². The summed E-state index contributed by atoms with van der Waals surface area (Å²) in [5.74, 6) is 4.83. The number of hydrogen-bond donors (Lipinski definition) is 3. The number of nitrogens with zero attached hydrogens (tertiary/aromatic N) is 1. The van der Waals surface area contributed by atoms with E-state index >= 15 is 0 Å².